The van der Waals surface area contributed by atoms with E-state index in [0.29, 0.717) is 6.54 Å². The van der Waals surface area contributed by atoms with Gasteiger partial charge in [0.15, 0.2) is 5.16 Å². The van der Waals surface area contributed by atoms with E-state index in [4.69, 9.17) is 5.73 Å². The highest BCUT2D eigenvalue weighted by Crippen LogP contribution is 2.30. The van der Waals surface area contributed by atoms with Crippen molar-refractivity contribution in [3.05, 3.63) is 46.7 Å². The predicted octanol–water partition coefficient (Wildman–Crippen LogP) is 2.85. The summed E-state index contributed by atoms with van der Waals surface area (Å²) in [7, 11) is 0. The summed E-state index contributed by atoms with van der Waals surface area (Å²) < 4.78 is 1.03. The first-order chi connectivity index (χ1) is 7.79. The van der Waals surface area contributed by atoms with Gasteiger partial charge in [0.25, 0.3) is 0 Å². The SMILES string of the molecule is NCc1ccc(Br)cc1Sc1ncccn1. The molecule has 0 saturated heterocycles. The smallest absolute Gasteiger partial charge is 0.192 e. The Morgan fingerprint density at radius 1 is 1.25 bits per heavy atom. The summed E-state index contributed by atoms with van der Waals surface area (Å²) in [4.78, 5) is 9.44. The second-order valence-electron chi connectivity index (χ2n) is 3.09. The fraction of sp³-hybridized carbons (Fsp3) is 0.0909. The Labute approximate surface area is 107 Å². The molecule has 16 heavy (non-hydrogen) atoms. The maximum Gasteiger partial charge on any atom is 0.192 e. The minimum Gasteiger partial charge on any atom is -0.326 e. The van der Waals surface area contributed by atoms with Gasteiger partial charge in [-0.1, -0.05) is 22.0 Å². The highest BCUT2D eigenvalue weighted by Gasteiger charge is 2.05. The fourth-order valence-electron chi connectivity index (χ4n) is 1.23. The van der Waals surface area contributed by atoms with Gasteiger partial charge in [-0.05, 0) is 35.5 Å². The zero-order valence-corrected chi connectivity index (χ0v) is 10.8. The van der Waals surface area contributed by atoms with E-state index in [1.165, 1.54) is 11.8 Å². The van der Waals surface area contributed by atoms with E-state index in [1.54, 1.807) is 18.5 Å². The molecule has 0 amide bonds. The van der Waals surface area contributed by atoms with Gasteiger partial charge in [0, 0.05) is 28.3 Å². The van der Waals surface area contributed by atoms with E-state index in [2.05, 4.69) is 25.9 Å². The molecule has 3 nitrogen and oxygen atoms in total. The van der Waals surface area contributed by atoms with Crippen molar-refractivity contribution in [1.29, 1.82) is 0 Å². The summed E-state index contributed by atoms with van der Waals surface area (Å²) in [5, 5.41) is 0.732. The second kappa shape index (κ2) is 5.43. The molecule has 1 heterocycles. The van der Waals surface area contributed by atoms with Crippen molar-refractivity contribution in [2.45, 2.75) is 16.6 Å². The quantitative estimate of drug-likeness (QED) is 0.885. The van der Waals surface area contributed by atoms with E-state index in [9.17, 15) is 0 Å². The fourth-order valence-corrected chi connectivity index (χ4v) is 2.63. The molecule has 1 aromatic carbocycles. The summed E-state index contributed by atoms with van der Waals surface area (Å²) in [5.41, 5.74) is 6.78. The molecule has 0 aliphatic rings. The van der Waals surface area contributed by atoms with Crippen LogP contribution in [-0.2, 0) is 6.54 Å². The number of hydrogen-bond acceptors (Lipinski definition) is 4. The van der Waals surface area contributed by atoms with Crippen LogP contribution in [0.25, 0.3) is 0 Å². The highest BCUT2D eigenvalue weighted by molar-refractivity contribution is 9.10. The number of nitrogens with zero attached hydrogens (tertiary/aromatic N) is 2. The van der Waals surface area contributed by atoms with Crippen LogP contribution in [0.15, 0.2) is 51.2 Å². The van der Waals surface area contributed by atoms with Gasteiger partial charge < -0.3 is 5.73 Å². The monoisotopic (exact) mass is 295 g/mol. The van der Waals surface area contributed by atoms with Crippen molar-refractivity contribution in [3.8, 4) is 0 Å². The van der Waals surface area contributed by atoms with Crippen LogP contribution >= 0.6 is 27.7 Å². The molecular weight excluding hydrogens is 286 g/mol. The van der Waals surface area contributed by atoms with E-state index in [-0.39, 0.29) is 0 Å². The van der Waals surface area contributed by atoms with E-state index >= 15 is 0 Å². The van der Waals surface area contributed by atoms with E-state index in [1.807, 2.05) is 18.2 Å². The third-order valence-corrected chi connectivity index (χ3v) is 3.48. The van der Waals surface area contributed by atoms with Crippen LogP contribution in [0.4, 0.5) is 0 Å². The molecule has 0 saturated carbocycles. The first-order valence-electron chi connectivity index (χ1n) is 4.73. The normalized spacial score (nSPS) is 10.4. The zero-order valence-electron chi connectivity index (χ0n) is 8.43. The van der Waals surface area contributed by atoms with E-state index in [0.717, 1.165) is 20.1 Å². The topological polar surface area (TPSA) is 51.8 Å². The lowest BCUT2D eigenvalue weighted by Gasteiger charge is -2.06. The second-order valence-corrected chi connectivity index (χ2v) is 5.01. The van der Waals surface area contributed by atoms with Crippen molar-refractivity contribution in [3.63, 3.8) is 0 Å². The zero-order chi connectivity index (χ0) is 11.4. The number of rotatable bonds is 3. The summed E-state index contributed by atoms with van der Waals surface area (Å²) in [6.07, 6.45) is 3.46. The molecular formula is C11H10BrN3S. The van der Waals surface area contributed by atoms with Gasteiger partial charge >= 0.3 is 0 Å². The number of hydrogen-bond donors (Lipinski definition) is 1. The van der Waals surface area contributed by atoms with Gasteiger partial charge in [-0.2, -0.15) is 0 Å². The van der Waals surface area contributed by atoms with Gasteiger partial charge in [0.1, 0.15) is 0 Å². The maximum absolute atomic E-state index is 5.68. The van der Waals surface area contributed by atoms with Crippen molar-refractivity contribution in [2.24, 2.45) is 5.73 Å². The van der Waals surface area contributed by atoms with Crippen molar-refractivity contribution in [2.75, 3.05) is 0 Å². The third-order valence-electron chi connectivity index (χ3n) is 1.99. The predicted molar refractivity (Wildman–Crippen MR) is 68.2 cm³/mol. The molecule has 0 atom stereocenters. The largest absolute Gasteiger partial charge is 0.326 e. The van der Waals surface area contributed by atoms with E-state index < -0.39 is 0 Å². The molecule has 0 aliphatic carbocycles. The Morgan fingerprint density at radius 3 is 2.69 bits per heavy atom. The van der Waals surface area contributed by atoms with Crippen LogP contribution in [0.5, 0.6) is 0 Å². The molecule has 0 bridgehead atoms. The van der Waals surface area contributed by atoms with Crippen LogP contribution in [0, 0.1) is 0 Å². The summed E-state index contributed by atoms with van der Waals surface area (Å²) >= 11 is 4.96. The lowest BCUT2D eigenvalue weighted by Crippen LogP contribution is -1.98. The summed E-state index contributed by atoms with van der Waals surface area (Å²) in [6, 6.07) is 7.82. The minimum atomic E-state index is 0.516. The third kappa shape index (κ3) is 2.81. The van der Waals surface area contributed by atoms with Crippen molar-refractivity contribution in [1.82, 2.24) is 9.97 Å². The van der Waals surface area contributed by atoms with Crippen LogP contribution in [0.2, 0.25) is 0 Å². The first kappa shape index (κ1) is 11.6. The number of nitrogens with two attached hydrogens (primary N) is 1. The Balaban J connectivity index is 2.30. The van der Waals surface area contributed by atoms with Crippen LogP contribution in [0.1, 0.15) is 5.56 Å². The number of halogens is 1. The van der Waals surface area contributed by atoms with Gasteiger partial charge in [-0.15, -0.1) is 0 Å². The molecule has 0 radical (unpaired) electrons. The lowest BCUT2D eigenvalue weighted by atomic mass is 10.2. The van der Waals surface area contributed by atoms with Crippen LogP contribution in [0.3, 0.4) is 0 Å². The molecule has 1 aromatic heterocycles. The number of benzene rings is 1. The minimum absolute atomic E-state index is 0.516. The molecule has 82 valence electrons. The Kier molecular flexibility index (Phi) is 3.93. The molecule has 0 spiro atoms. The molecule has 0 unspecified atom stereocenters. The van der Waals surface area contributed by atoms with Gasteiger partial charge in [-0.3, -0.25) is 0 Å². The van der Waals surface area contributed by atoms with Crippen LogP contribution in [-0.4, -0.2) is 9.97 Å². The molecule has 0 aliphatic heterocycles. The number of aromatic nitrogens is 2. The molecule has 5 heteroatoms. The van der Waals surface area contributed by atoms with Crippen LogP contribution < -0.4 is 5.73 Å². The van der Waals surface area contributed by atoms with Crippen molar-refractivity contribution >= 4 is 27.7 Å². The molecule has 0 fully saturated rings. The summed E-state index contributed by atoms with van der Waals surface area (Å²) in [5.74, 6) is 0. The summed E-state index contributed by atoms with van der Waals surface area (Å²) in [6.45, 7) is 0.516. The maximum atomic E-state index is 5.68. The average molecular weight is 296 g/mol. The Hall–Kier alpha value is -0.910. The highest BCUT2D eigenvalue weighted by atomic mass is 79.9. The average Bonchev–Trinajstić information content (AvgIpc) is 2.31. The molecule has 2 N–H and O–H groups in total. The Morgan fingerprint density at radius 2 is 2.00 bits per heavy atom. The van der Waals surface area contributed by atoms with Gasteiger partial charge in [0.2, 0.25) is 0 Å². The first-order valence-corrected chi connectivity index (χ1v) is 6.34. The van der Waals surface area contributed by atoms with Gasteiger partial charge in [0.05, 0.1) is 0 Å². The Bertz CT molecular complexity index is 476. The van der Waals surface area contributed by atoms with Gasteiger partial charge in [-0.25, -0.2) is 9.97 Å². The van der Waals surface area contributed by atoms with Crippen molar-refractivity contribution < 1.29 is 0 Å². The molecule has 2 aromatic rings. The molecule has 2 rings (SSSR count). The standard InChI is InChI=1S/C11H10BrN3S/c12-9-3-2-8(7-13)10(6-9)16-11-14-4-1-5-15-11/h1-6H,7,13H2. The lowest BCUT2D eigenvalue weighted by molar-refractivity contribution is 0.960.